The summed E-state index contributed by atoms with van der Waals surface area (Å²) < 4.78 is 0.831. The lowest BCUT2D eigenvalue weighted by Crippen LogP contribution is -2.03. The van der Waals surface area contributed by atoms with Crippen LogP contribution in [-0.2, 0) is 6.42 Å². The zero-order valence-corrected chi connectivity index (χ0v) is 12.5. The summed E-state index contributed by atoms with van der Waals surface area (Å²) in [7, 11) is 0. The van der Waals surface area contributed by atoms with Gasteiger partial charge in [0.05, 0.1) is 0 Å². The Morgan fingerprint density at radius 3 is 2.65 bits per heavy atom. The van der Waals surface area contributed by atoms with Crippen LogP contribution in [-0.4, -0.2) is 5.78 Å². The van der Waals surface area contributed by atoms with Gasteiger partial charge < -0.3 is 0 Å². The van der Waals surface area contributed by atoms with Crippen molar-refractivity contribution < 1.29 is 4.79 Å². The summed E-state index contributed by atoms with van der Waals surface area (Å²) in [6.45, 7) is 0. The molecule has 0 saturated heterocycles. The van der Waals surface area contributed by atoms with E-state index in [1.54, 1.807) is 18.2 Å². The normalized spacial score (nSPS) is 10.5. The number of hydrogen-bond donors (Lipinski definition) is 0. The molecule has 0 bridgehead atoms. The molecule has 0 atom stereocenters. The van der Waals surface area contributed by atoms with Crippen LogP contribution in [0.4, 0.5) is 0 Å². The predicted molar refractivity (Wildman–Crippen MR) is 76.5 cm³/mol. The molecule has 1 aromatic heterocycles. The lowest BCUT2D eigenvalue weighted by atomic mass is 10.1. The molecule has 0 spiro atoms. The number of hydrogen-bond acceptors (Lipinski definition) is 2. The molecular weight excluding hydrogens is 343 g/mol. The highest BCUT2D eigenvalue weighted by Crippen LogP contribution is 2.26. The van der Waals surface area contributed by atoms with E-state index < -0.39 is 0 Å². The van der Waals surface area contributed by atoms with Gasteiger partial charge in [0.1, 0.15) is 0 Å². The fourth-order valence-electron chi connectivity index (χ4n) is 1.41. The number of ketones is 1. The number of halogens is 3. The van der Waals surface area contributed by atoms with Gasteiger partial charge in [-0.05, 0) is 33.6 Å². The second kappa shape index (κ2) is 5.53. The number of Topliss-reactive ketones (excluding diaryl/α,β-unsaturated/α-hetero) is 1. The second-order valence-electron chi connectivity index (χ2n) is 3.47. The van der Waals surface area contributed by atoms with Crippen LogP contribution < -0.4 is 0 Å². The van der Waals surface area contributed by atoms with E-state index >= 15 is 0 Å². The number of rotatable bonds is 3. The molecule has 1 nitrogen and oxygen atoms in total. The van der Waals surface area contributed by atoms with Crippen LogP contribution >= 0.6 is 50.5 Å². The van der Waals surface area contributed by atoms with Gasteiger partial charge in [-0.25, -0.2) is 0 Å². The summed E-state index contributed by atoms with van der Waals surface area (Å²) in [4.78, 5) is 12.0. The topological polar surface area (TPSA) is 17.1 Å². The maximum atomic E-state index is 12.0. The van der Waals surface area contributed by atoms with Crippen LogP contribution in [0.2, 0.25) is 10.0 Å². The SMILES string of the molecule is O=C(Cc1ccc(Cl)cc1Cl)c1cscc1Br. The smallest absolute Gasteiger partial charge is 0.169 e. The Morgan fingerprint density at radius 1 is 1.29 bits per heavy atom. The summed E-state index contributed by atoms with van der Waals surface area (Å²) in [5, 5.41) is 4.81. The number of carbonyl (C=O) groups is 1. The van der Waals surface area contributed by atoms with Gasteiger partial charge in [0.2, 0.25) is 0 Å². The lowest BCUT2D eigenvalue weighted by Gasteiger charge is -2.03. The molecule has 5 heteroatoms. The molecule has 0 saturated carbocycles. The minimum absolute atomic E-state index is 0.0438. The molecule has 17 heavy (non-hydrogen) atoms. The summed E-state index contributed by atoms with van der Waals surface area (Å²) >= 11 is 16.7. The van der Waals surface area contributed by atoms with Gasteiger partial charge in [0.25, 0.3) is 0 Å². The fraction of sp³-hybridized carbons (Fsp3) is 0.0833. The van der Waals surface area contributed by atoms with Crippen molar-refractivity contribution >= 4 is 56.3 Å². The van der Waals surface area contributed by atoms with Crippen molar-refractivity contribution in [3.63, 3.8) is 0 Å². The van der Waals surface area contributed by atoms with Gasteiger partial charge in [-0.1, -0.05) is 29.3 Å². The first-order valence-electron chi connectivity index (χ1n) is 4.76. The number of benzene rings is 1. The van der Waals surface area contributed by atoms with E-state index in [1.807, 2.05) is 10.8 Å². The van der Waals surface area contributed by atoms with Crippen LogP contribution in [0.15, 0.2) is 33.4 Å². The zero-order valence-electron chi connectivity index (χ0n) is 8.54. The molecule has 2 aromatic rings. The molecule has 1 heterocycles. The van der Waals surface area contributed by atoms with E-state index in [4.69, 9.17) is 23.2 Å². The molecule has 0 aliphatic carbocycles. The van der Waals surface area contributed by atoms with Crippen molar-refractivity contribution in [1.82, 2.24) is 0 Å². The summed E-state index contributed by atoms with van der Waals surface area (Å²) in [6.07, 6.45) is 0.283. The van der Waals surface area contributed by atoms with Crippen LogP contribution in [0.3, 0.4) is 0 Å². The molecule has 2 rings (SSSR count). The number of carbonyl (C=O) groups excluding carboxylic acids is 1. The number of thiophene rings is 1. The molecule has 0 fully saturated rings. The second-order valence-corrected chi connectivity index (χ2v) is 5.91. The third-order valence-electron chi connectivity index (χ3n) is 2.28. The summed E-state index contributed by atoms with van der Waals surface area (Å²) in [5.74, 6) is 0.0438. The molecule has 0 aliphatic rings. The molecule has 0 amide bonds. The van der Waals surface area contributed by atoms with E-state index in [-0.39, 0.29) is 12.2 Å². The standard InChI is InChI=1S/C12H7BrCl2OS/c13-10-6-17-5-9(10)12(16)3-7-1-2-8(14)4-11(7)15/h1-2,4-6H,3H2. The highest BCUT2D eigenvalue weighted by Gasteiger charge is 2.13. The predicted octanol–water partition coefficient (Wildman–Crippen LogP) is 5.24. The van der Waals surface area contributed by atoms with Crippen LogP contribution in [0, 0.1) is 0 Å². The van der Waals surface area contributed by atoms with Crippen LogP contribution in [0.5, 0.6) is 0 Å². The highest BCUT2D eigenvalue weighted by atomic mass is 79.9. The highest BCUT2D eigenvalue weighted by molar-refractivity contribution is 9.10. The Kier molecular flexibility index (Phi) is 4.26. The Hall–Kier alpha value is -0.350. The Bertz CT molecular complexity index is 565. The van der Waals surface area contributed by atoms with E-state index in [0.717, 1.165) is 10.0 Å². The van der Waals surface area contributed by atoms with Crippen molar-refractivity contribution in [2.24, 2.45) is 0 Å². The molecule has 0 N–H and O–H groups in total. The zero-order chi connectivity index (χ0) is 12.4. The largest absolute Gasteiger partial charge is 0.294 e. The first kappa shape index (κ1) is 13.1. The van der Waals surface area contributed by atoms with Crippen LogP contribution in [0.25, 0.3) is 0 Å². The van der Waals surface area contributed by atoms with Gasteiger partial charge in [-0.15, -0.1) is 0 Å². The van der Waals surface area contributed by atoms with Crippen molar-refractivity contribution in [2.45, 2.75) is 6.42 Å². The van der Waals surface area contributed by atoms with Gasteiger partial charge in [0, 0.05) is 37.3 Å². The lowest BCUT2D eigenvalue weighted by molar-refractivity contribution is 0.0992. The van der Waals surface area contributed by atoms with E-state index in [0.29, 0.717) is 15.6 Å². The first-order valence-corrected chi connectivity index (χ1v) is 7.26. The average Bonchev–Trinajstić information content (AvgIpc) is 2.68. The third kappa shape index (κ3) is 3.10. The summed E-state index contributed by atoms with van der Waals surface area (Å²) in [6, 6.07) is 5.16. The Morgan fingerprint density at radius 2 is 2.06 bits per heavy atom. The molecule has 0 unspecified atom stereocenters. The van der Waals surface area contributed by atoms with Gasteiger partial charge in [-0.2, -0.15) is 11.3 Å². The van der Waals surface area contributed by atoms with Crippen molar-refractivity contribution in [3.8, 4) is 0 Å². The molecule has 1 aromatic carbocycles. The molecule has 0 radical (unpaired) electrons. The minimum Gasteiger partial charge on any atom is -0.294 e. The van der Waals surface area contributed by atoms with Gasteiger partial charge in [-0.3, -0.25) is 4.79 Å². The Balaban J connectivity index is 2.22. The van der Waals surface area contributed by atoms with Crippen molar-refractivity contribution in [3.05, 3.63) is 54.6 Å². The fourth-order valence-corrected chi connectivity index (χ4v) is 3.41. The molecular formula is C12H7BrCl2OS. The van der Waals surface area contributed by atoms with Gasteiger partial charge >= 0.3 is 0 Å². The van der Waals surface area contributed by atoms with Crippen LogP contribution in [0.1, 0.15) is 15.9 Å². The average molecular weight is 350 g/mol. The minimum atomic E-state index is 0.0438. The first-order chi connectivity index (χ1) is 8.08. The third-order valence-corrected chi connectivity index (χ3v) is 4.57. The maximum absolute atomic E-state index is 12.0. The van der Waals surface area contributed by atoms with E-state index in [2.05, 4.69) is 15.9 Å². The van der Waals surface area contributed by atoms with E-state index in [9.17, 15) is 4.79 Å². The van der Waals surface area contributed by atoms with Crippen molar-refractivity contribution in [2.75, 3.05) is 0 Å². The monoisotopic (exact) mass is 348 g/mol. The Labute approximate surface area is 121 Å². The quantitative estimate of drug-likeness (QED) is 0.692. The van der Waals surface area contributed by atoms with Crippen molar-refractivity contribution in [1.29, 1.82) is 0 Å². The summed E-state index contributed by atoms with van der Waals surface area (Å²) in [5.41, 5.74) is 1.49. The molecule has 88 valence electrons. The van der Waals surface area contributed by atoms with E-state index in [1.165, 1.54) is 11.3 Å². The van der Waals surface area contributed by atoms with Gasteiger partial charge in [0.15, 0.2) is 5.78 Å². The maximum Gasteiger partial charge on any atom is 0.169 e. The molecule has 0 aliphatic heterocycles.